The second kappa shape index (κ2) is 7.39. The quantitative estimate of drug-likeness (QED) is 0.640. The number of carboxylic acid groups (broad SMARTS) is 1. The highest BCUT2D eigenvalue weighted by molar-refractivity contribution is 7.15. The lowest BCUT2D eigenvalue weighted by Gasteiger charge is -2.18. The van der Waals surface area contributed by atoms with Crippen molar-refractivity contribution in [3.05, 3.63) is 62.5 Å². The normalized spacial score (nSPS) is 16.6. The molecular formula is C21H21ClN4O2S. The summed E-state index contributed by atoms with van der Waals surface area (Å²) in [5.41, 5.74) is 3.80. The van der Waals surface area contributed by atoms with Crippen LogP contribution in [0.4, 0.5) is 0 Å². The van der Waals surface area contributed by atoms with E-state index in [0.29, 0.717) is 17.3 Å². The highest BCUT2D eigenvalue weighted by Gasteiger charge is 2.37. The molecule has 2 atom stereocenters. The summed E-state index contributed by atoms with van der Waals surface area (Å²) in [7, 11) is 0. The van der Waals surface area contributed by atoms with Crippen LogP contribution in [0.25, 0.3) is 5.00 Å². The van der Waals surface area contributed by atoms with Crippen molar-refractivity contribution in [1.82, 2.24) is 14.8 Å². The van der Waals surface area contributed by atoms with Gasteiger partial charge >= 0.3 is 5.97 Å². The Morgan fingerprint density at radius 2 is 1.93 bits per heavy atom. The first-order chi connectivity index (χ1) is 13.8. The summed E-state index contributed by atoms with van der Waals surface area (Å²) in [5.74, 6) is -0.291. The fourth-order valence-corrected chi connectivity index (χ4v) is 5.10. The van der Waals surface area contributed by atoms with Gasteiger partial charge < -0.3 is 5.11 Å². The van der Waals surface area contributed by atoms with E-state index in [9.17, 15) is 9.90 Å². The van der Waals surface area contributed by atoms with Gasteiger partial charge in [0.1, 0.15) is 16.9 Å². The molecule has 6 nitrogen and oxygen atoms in total. The van der Waals surface area contributed by atoms with Gasteiger partial charge in [-0.25, -0.2) is 0 Å². The van der Waals surface area contributed by atoms with Gasteiger partial charge in [0.25, 0.3) is 0 Å². The Bertz CT molecular complexity index is 1130. The predicted octanol–water partition coefficient (Wildman–Crippen LogP) is 4.91. The Balaban J connectivity index is 2.07. The van der Waals surface area contributed by atoms with Gasteiger partial charge in [0.15, 0.2) is 5.82 Å². The van der Waals surface area contributed by atoms with Crippen LogP contribution in [-0.2, 0) is 4.79 Å². The zero-order chi connectivity index (χ0) is 20.9. The summed E-state index contributed by atoms with van der Waals surface area (Å²) < 4.78 is 1.97. The number of rotatable bonds is 4. The van der Waals surface area contributed by atoms with Gasteiger partial charge in [-0.1, -0.05) is 30.7 Å². The number of benzene rings is 1. The van der Waals surface area contributed by atoms with E-state index in [-0.39, 0.29) is 0 Å². The van der Waals surface area contributed by atoms with Crippen LogP contribution in [0.5, 0.6) is 0 Å². The van der Waals surface area contributed by atoms with Crippen LogP contribution < -0.4 is 0 Å². The number of aromatic nitrogens is 3. The number of aliphatic imine (C=N–C) groups is 1. The monoisotopic (exact) mass is 428 g/mol. The van der Waals surface area contributed by atoms with Crippen LogP contribution in [-0.4, -0.2) is 31.6 Å². The molecule has 0 aliphatic carbocycles. The summed E-state index contributed by atoms with van der Waals surface area (Å²) in [5, 5.41) is 20.1. The van der Waals surface area contributed by atoms with Crippen LogP contribution in [0.2, 0.25) is 5.02 Å². The molecule has 2 aromatic heterocycles. The first-order valence-corrected chi connectivity index (χ1v) is 10.6. The van der Waals surface area contributed by atoms with E-state index in [2.05, 4.69) is 24.0 Å². The number of halogens is 1. The van der Waals surface area contributed by atoms with Crippen molar-refractivity contribution < 1.29 is 9.90 Å². The van der Waals surface area contributed by atoms with Crippen LogP contribution >= 0.6 is 22.9 Å². The number of hydrogen-bond donors (Lipinski definition) is 1. The van der Waals surface area contributed by atoms with E-state index in [1.54, 1.807) is 11.3 Å². The van der Waals surface area contributed by atoms with Crippen molar-refractivity contribution in [3.8, 4) is 5.00 Å². The van der Waals surface area contributed by atoms with Crippen LogP contribution in [0.15, 0.2) is 29.3 Å². The van der Waals surface area contributed by atoms with E-state index < -0.39 is 17.9 Å². The lowest BCUT2D eigenvalue weighted by molar-refractivity contribution is -0.142. The first kappa shape index (κ1) is 19.8. The van der Waals surface area contributed by atoms with Gasteiger partial charge in [-0.3, -0.25) is 14.4 Å². The topological polar surface area (TPSA) is 80.4 Å². The predicted molar refractivity (Wildman–Crippen MR) is 115 cm³/mol. The second-order valence-corrected chi connectivity index (χ2v) is 8.83. The summed E-state index contributed by atoms with van der Waals surface area (Å²) in [6.07, 6.45) is 0.439. The molecule has 1 unspecified atom stereocenters. The lowest BCUT2D eigenvalue weighted by atomic mass is 9.95. The Kier molecular flexibility index (Phi) is 5.04. The van der Waals surface area contributed by atoms with E-state index in [1.807, 2.05) is 42.7 Å². The van der Waals surface area contributed by atoms with Crippen molar-refractivity contribution >= 4 is 34.6 Å². The van der Waals surface area contributed by atoms with Crippen molar-refractivity contribution in [2.75, 3.05) is 0 Å². The minimum Gasteiger partial charge on any atom is -0.481 e. The zero-order valence-electron chi connectivity index (χ0n) is 16.6. The molecule has 0 radical (unpaired) electrons. The summed E-state index contributed by atoms with van der Waals surface area (Å²) in [6, 6.07) is 6.87. The maximum absolute atomic E-state index is 12.0. The van der Waals surface area contributed by atoms with E-state index in [4.69, 9.17) is 16.6 Å². The molecular weight excluding hydrogens is 408 g/mol. The molecule has 0 spiro atoms. The summed E-state index contributed by atoms with van der Waals surface area (Å²) >= 11 is 7.75. The molecule has 0 fully saturated rings. The lowest BCUT2D eigenvalue weighted by Crippen LogP contribution is -2.23. The van der Waals surface area contributed by atoms with Crippen molar-refractivity contribution in [2.45, 2.75) is 40.2 Å². The van der Waals surface area contributed by atoms with Gasteiger partial charge in [-0.15, -0.1) is 21.5 Å². The first-order valence-electron chi connectivity index (χ1n) is 9.42. The molecule has 0 amide bonds. The fraction of sp³-hybridized carbons (Fsp3) is 0.333. The van der Waals surface area contributed by atoms with Gasteiger partial charge in [-0.2, -0.15) is 0 Å². The Morgan fingerprint density at radius 1 is 1.24 bits per heavy atom. The Labute approximate surface area is 177 Å². The molecule has 3 aromatic rings. The maximum Gasteiger partial charge on any atom is 0.309 e. The highest BCUT2D eigenvalue weighted by Crippen LogP contribution is 2.41. The largest absolute Gasteiger partial charge is 0.481 e. The number of aliphatic carboxylic acids is 1. The van der Waals surface area contributed by atoms with Crippen molar-refractivity contribution in [2.24, 2.45) is 10.9 Å². The number of fused-ring (bicyclic) bond motifs is 3. The van der Waals surface area contributed by atoms with Crippen LogP contribution in [0, 0.1) is 26.7 Å². The third-order valence-corrected chi connectivity index (χ3v) is 6.89. The second-order valence-electron chi connectivity index (χ2n) is 7.19. The molecule has 1 aliphatic heterocycles. The molecule has 29 heavy (non-hydrogen) atoms. The van der Waals surface area contributed by atoms with Gasteiger partial charge in [-0.05, 0) is 44.9 Å². The maximum atomic E-state index is 12.0. The SMILES string of the molecule is CCC(C(=O)O)[C@@H]1N=C(c2ccc(Cl)cc2)c2c(sc(C)c2C)-n2c(C)nnc21. The van der Waals surface area contributed by atoms with Crippen LogP contribution in [0.3, 0.4) is 0 Å². The van der Waals surface area contributed by atoms with Gasteiger partial charge in [0.05, 0.1) is 11.6 Å². The number of nitrogens with zero attached hydrogens (tertiary/aromatic N) is 4. The molecule has 1 aliphatic rings. The number of thiophene rings is 1. The smallest absolute Gasteiger partial charge is 0.309 e. The van der Waals surface area contributed by atoms with E-state index in [0.717, 1.165) is 33.2 Å². The molecule has 3 heterocycles. The molecule has 1 aromatic carbocycles. The molecule has 8 heteroatoms. The van der Waals surface area contributed by atoms with Crippen molar-refractivity contribution in [1.29, 1.82) is 0 Å². The molecule has 0 saturated carbocycles. The Morgan fingerprint density at radius 3 is 2.55 bits per heavy atom. The highest BCUT2D eigenvalue weighted by atomic mass is 35.5. The molecule has 4 rings (SSSR count). The number of hydrogen-bond acceptors (Lipinski definition) is 5. The average molecular weight is 429 g/mol. The zero-order valence-corrected chi connectivity index (χ0v) is 18.2. The third kappa shape index (κ3) is 3.18. The summed E-state index contributed by atoms with van der Waals surface area (Å²) in [4.78, 5) is 18.2. The number of carboxylic acids is 1. The standard InChI is InChI=1S/C21H21ClN4O2S/c1-5-15(21(27)28)18-19-25-24-12(4)26(19)20-16(10(2)11(3)29-20)17(23-18)13-6-8-14(22)9-7-13/h6-9,15,18H,5H2,1-4H3,(H,27,28)/t15?,18-/m0/s1. The number of carbonyl (C=O) groups is 1. The van der Waals surface area contributed by atoms with E-state index in [1.165, 1.54) is 4.88 Å². The van der Waals surface area contributed by atoms with Crippen molar-refractivity contribution in [3.63, 3.8) is 0 Å². The Hall–Kier alpha value is -2.51. The third-order valence-electron chi connectivity index (χ3n) is 5.45. The molecule has 150 valence electrons. The number of aryl methyl sites for hydroxylation is 2. The van der Waals surface area contributed by atoms with E-state index >= 15 is 0 Å². The molecule has 0 saturated heterocycles. The minimum absolute atomic E-state index is 0.439. The van der Waals surface area contributed by atoms with Crippen LogP contribution in [0.1, 0.15) is 52.6 Å². The average Bonchev–Trinajstić information content (AvgIpc) is 3.14. The molecule has 1 N–H and O–H groups in total. The van der Waals surface area contributed by atoms with Gasteiger partial charge in [0, 0.05) is 21.0 Å². The fourth-order valence-electron chi connectivity index (χ4n) is 3.76. The van der Waals surface area contributed by atoms with Gasteiger partial charge in [0.2, 0.25) is 0 Å². The minimum atomic E-state index is -0.887. The summed E-state index contributed by atoms with van der Waals surface area (Å²) in [6.45, 7) is 7.90. The molecule has 0 bridgehead atoms.